The van der Waals surface area contributed by atoms with Crippen molar-refractivity contribution in [2.45, 2.75) is 19.3 Å². The molecule has 0 saturated heterocycles. The molecule has 0 bridgehead atoms. The lowest BCUT2D eigenvalue weighted by molar-refractivity contribution is 0.415. The van der Waals surface area contributed by atoms with Gasteiger partial charge in [0.05, 0.1) is 18.1 Å². The van der Waals surface area contributed by atoms with Crippen LogP contribution in [0.1, 0.15) is 25.0 Å². The van der Waals surface area contributed by atoms with E-state index in [9.17, 15) is 0 Å². The smallest absolute Gasteiger partial charge is 0.160 e. The highest BCUT2D eigenvalue weighted by atomic mass is 16.5. The van der Waals surface area contributed by atoms with Crippen molar-refractivity contribution >= 4 is 43.7 Å². The molecule has 37 heavy (non-hydrogen) atoms. The monoisotopic (exact) mass is 479 g/mol. The minimum absolute atomic E-state index is 0.0574. The molecule has 0 N–H and O–H groups in total. The zero-order valence-electron chi connectivity index (χ0n) is 21.0. The zero-order chi connectivity index (χ0) is 24.9. The van der Waals surface area contributed by atoms with E-state index in [0.717, 1.165) is 38.9 Å². The molecule has 3 heteroatoms. The van der Waals surface area contributed by atoms with Gasteiger partial charge in [-0.3, -0.25) is 0 Å². The van der Waals surface area contributed by atoms with Crippen molar-refractivity contribution in [1.29, 1.82) is 0 Å². The average molecular weight is 480 g/mol. The molecule has 2 heterocycles. The zero-order valence-corrected chi connectivity index (χ0v) is 21.0. The summed E-state index contributed by atoms with van der Waals surface area (Å²) >= 11 is 0. The van der Waals surface area contributed by atoms with Crippen LogP contribution in [0.25, 0.3) is 60.6 Å². The Morgan fingerprint density at radius 2 is 1.43 bits per heavy atom. The van der Waals surface area contributed by atoms with Gasteiger partial charge in [0, 0.05) is 32.6 Å². The number of aromatic nitrogens is 1. The van der Waals surface area contributed by atoms with E-state index in [1.54, 1.807) is 7.11 Å². The van der Waals surface area contributed by atoms with Crippen LogP contribution in [-0.4, -0.2) is 11.7 Å². The van der Waals surface area contributed by atoms with Crippen molar-refractivity contribution < 1.29 is 9.15 Å². The quantitative estimate of drug-likeness (QED) is 0.247. The summed E-state index contributed by atoms with van der Waals surface area (Å²) in [6, 6.07) is 34.7. The van der Waals surface area contributed by atoms with Gasteiger partial charge in [0.25, 0.3) is 0 Å². The summed E-state index contributed by atoms with van der Waals surface area (Å²) in [5.74, 6) is 0.843. The van der Waals surface area contributed by atoms with E-state index in [2.05, 4.69) is 97.3 Å². The van der Waals surface area contributed by atoms with E-state index < -0.39 is 0 Å². The van der Waals surface area contributed by atoms with Crippen LogP contribution in [0.4, 0.5) is 0 Å². The number of benzene rings is 5. The fourth-order valence-electron chi connectivity index (χ4n) is 6.47. The Kier molecular flexibility index (Phi) is 3.93. The van der Waals surface area contributed by atoms with Crippen molar-refractivity contribution in [2.75, 3.05) is 7.11 Å². The lowest BCUT2D eigenvalue weighted by Gasteiger charge is -2.21. The van der Waals surface area contributed by atoms with Crippen LogP contribution in [0, 0.1) is 0 Å². The lowest BCUT2D eigenvalue weighted by atomic mass is 9.82. The Morgan fingerprint density at radius 1 is 0.676 bits per heavy atom. The van der Waals surface area contributed by atoms with Crippen LogP contribution in [0.15, 0.2) is 101 Å². The Hall–Kier alpha value is -4.50. The third-order valence-electron chi connectivity index (χ3n) is 8.31. The Balaban J connectivity index is 1.57. The number of para-hydroxylation sites is 1. The second kappa shape index (κ2) is 7.04. The number of nitrogens with zero attached hydrogens (tertiary/aromatic N) is 1. The number of fused-ring (bicyclic) bond motifs is 10. The summed E-state index contributed by atoms with van der Waals surface area (Å²) in [5, 5.41) is 4.72. The van der Waals surface area contributed by atoms with Crippen molar-refractivity contribution in [3.8, 4) is 22.6 Å². The number of ether oxygens (including phenoxy) is 1. The molecule has 0 unspecified atom stereocenters. The normalized spacial score (nSPS) is 14.0. The standard InChI is InChI=1S/C34H25NO2/c1-34(2)28-10-6-4-8-22(28)26-19-30-27(18-29(26)34)24-16-17-25-23-9-5-7-11-31(23)37-33(25)32(24)35(30)20-12-14-21(36-3)15-13-20/h4-19H,1-3H3. The third kappa shape index (κ3) is 2.61. The van der Waals surface area contributed by atoms with Gasteiger partial charge in [0.15, 0.2) is 5.58 Å². The van der Waals surface area contributed by atoms with E-state index >= 15 is 0 Å². The van der Waals surface area contributed by atoms with Gasteiger partial charge >= 0.3 is 0 Å². The first kappa shape index (κ1) is 20.7. The molecular formula is C34H25NO2. The first-order valence-corrected chi connectivity index (χ1v) is 12.7. The summed E-state index contributed by atoms with van der Waals surface area (Å²) in [6.07, 6.45) is 0. The molecule has 5 aromatic carbocycles. The predicted octanol–water partition coefficient (Wildman–Crippen LogP) is 9.00. The Labute approximate surface area is 214 Å². The van der Waals surface area contributed by atoms with Crippen LogP contribution in [-0.2, 0) is 5.41 Å². The van der Waals surface area contributed by atoms with E-state index in [1.165, 1.54) is 38.5 Å². The van der Waals surface area contributed by atoms with Crippen LogP contribution in [0.2, 0.25) is 0 Å². The summed E-state index contributed by atoms with van der Waals surface area (Å²) in [7, 11) is 1.70. The second-order valence-corrected chi connectivity index (χ2v) is 10.6. The first-order valence-electron chi connectivity index (χ1n) is 12.7. The van der Waals surface area contributed by atoms with Gasteiger partial charge in [-0.05, 0) is 70.8 Å². The maximum Gasteiger partial charge on any atom is 0.160 e. The second-order valence-electron chi connectivity index (χ2n) is 10.6. The maximum absolute atomic E-state index is 6.55. The van der Waals surface area contributed by atoms with E-state index in [0.29, 0.717) is 0 Å². The highest BCUT2D eigenvalue weighted by Gasteiger charge is 2.36. The van der Waals surface area contributed by atoms with Gasteiger partial charge in [0.1, 0.15) is 11.3 Å². The van der Waals surface area contributed by atoms with E-state index in [1.807, 2.05) is 18.2 Å². The fourth-order valence-corrected chi connectivity index (χ4v) is 6.47. The molecule has 1 aliphatic carbocycles. The summed E-state index contributed by atoms with van der Waals surface area (Å²) in [5.41, 5.74) is 10.5. The summed E-state index contributed by atoms with van der Waals surface area (Å²) in [4.78, 5) is 0. The van der Waals surface area contributed by atoms with Crippen LogP contribution in [0.3, 0.4) is 0 Å². The van der Waals surface area contributed by atoms with Gasteiger partial charge in [-0.25, -0.2) is 0 Å². The minimum Gasteiger partial charge on any atom is -0.497 e. The van der Waals surface area contributed by atoms with Gasteiger partial charge < -0.3 is 13.7 Å². The summed E-state index contributed by atoms with van der Waals surface area (Å²) in [6.45, 7) is 4.67. The number of hydrogen-bond acceptors (Lipinski definition) is 2. The molecule has 0 fully saturated rings. The first-order chi connectivity index (χ1) is 18.1. The molecule has 0 saturated carbocycles. The molecule has 0 aliphatic heterocycles. The van der Waals surface area contributed by atoms with Gasteiger partial charge in [-0.1, -0.05) is 62.4 Å². The van der Waals surface area contributed by atoms with Crippen LogP contribution in [0.5, 0.6) is 5.75 Å². The molecule has 0 radical (unpaired) electrons. The van der Waals surface area contributed by atoms with Crippen molar-refractivity contribution in [3.05, 3.63) is 108 Å². The molecule has 0 spiro atoms. The highest BCUT2D eigenvalue weighted by Crippen LogP contribution is 2.51. The van der Waals surface area contributed by atoms with Crippen molar-refractivity contribution in [1.82, 2.24) is 4.57 Å². The van der Waals surface area contributed by atoms with Gasteiger partial charge in [-0.15, -0.1) is 0 Å². The van der Waals surface area contributed by atoms with Crippen molar-refractivity contribution in [3.63, 3.8) is 0 Å². The van der Waals surface area contributed by atoms with Crippen molar-refractivity contribution in [2.24, 2.45) is 0 Å². The molecule has 7 aromatic rings. The lowest BCUT2D eigenvalue weighted by Crippen LogP contribution is -2.14. The molecular weight excluding hydrogens is 454 g/mol. The van der Waals surface area contributed by atoms with Gasteiger partial charge in [-0.2, -0.15) is 0 Å². The number of methoxy groups -OCH3 is 1. The van der Waals surface area contributed by atoms with E-state index in [-0.39, 0.29) is 5.41 Å². The topological polar surface area (TPSA) is 27.3 Å². The molecule has 1 aliphatic rings. The highest BCUT2D eigenvalue weighted by molar-refractivity contribution is 6.22. The molecule has 2 aromatic heterocycles. The van der Waals surface area contributed by atoms with Crippen LogP contribution >= 0.6 is 0 Å². The van der Waals surface area contributed by atoms with Gasteiger partial charge in [0.2, 0.25) is 0 Å². The maximum atomic E-state index is 6.55. The minimum atomic E-state index is -0.0574. The molecule has 0 atom stereocenters. The largest absolute Gasteiger partial charge is 0.497 e. The predicted molar refractivity (Wildman–Crippen MR) is 152 cm³/mol. The van der Waals surface area contributed by atoms with E-state index in [4.69, 9.17) is 9.15 Å². The number of hydrogen-bond donors (Lipinski definition) is 0. The average Bonchev–Trinajstić information content (AvgIpc) is 3.54. The molecule has 0 amide bonds. The third-order valence-corrected chi connectivity index (χ3v) is 8.31. The fraction of sp³-hybridized carbons (Fsp3) is 0.118. The Bertz CT molecular complexity index is 2040. The summed E-state index contributed by atoms with van der Waals surface area (Å²) < 4.78 is 14.4. The Morgan fingerprint density at radius 3 is 2.27 bits per heavy atom. The number of rotatable bonds is 2. The molecule has 178 valence electrons. The SMILES string of the molecule is COc1ccc(-n2c3cc4c(cc3c3ccc5c6ccccc6oc5c32)C(C)(C)c2ccccc2-4)cc1. The molecule has 8 rings (SSSR count). The number of furan rings is 1. The van der Waals surface area contributed by atoms with Crippen LogP contribution < -0.4 is 4.74 Å². The molecule has 3 nitrogen and oxygen atoms in total.